The van der Waals surface area contributed by atoms with E-state index in [2.05, 4.69) is 92.8 Å². The molecule has 0 saturated heterocycles. The number of hydrogen-bond donors (Lipinski definition) is 2. The Kier molecular flexibility index (Phi) is 50.4. The van der Waals surface area contributed by atoms with Crippen molar-refractivity contribution in [3.8, 4) is 0 Å². The zero-order chi connectivity index (χ0) is 48.8. The van der Waals surface area contributed by atoms with Crippen LogP contribution in [0.5, 0.6) is 0 Å². The molecule has 10 heteroatoms. The first-order valence-corrected chi connectivity index (χ1v) is 28.6. The zero-order valence-electron chi connectivity index (χ0n) is 42.9. The van der Waals surface area contributed by atoms with Gasteiger partial charge in [-0.25, -0.2) is 4.57 Å². The fraction of sp³-hybridized carbons (Fsp3) is 0.719. The minimum Gasteiger partial charge on any atom is -0.462 e. The molecule has 3 N–H and O–H groups in total. The van der Waals surface area contributed by atoms with Crippen LogP contribution >= 0.6 is 7.82 Å². The molecule has 9 nitrogen and oxygen atoms in total. The highest BCUT2D eigenvalue weighted by Crippen LogP contribution is 2.43. The van der Waals surface area contributed by atoms with Crippen LogP contribution in [0.2, 0.25) is 0 Å². The first-order valence-electron chi connectivity index (χ1n) is 27.1. The van der Waals surface area contributed by atoms with E-state index in [1.807, 2.05) is 6.08 Å². The summed E-state index contributed by atoms with van der Waals surface area (Å²) in [5, 5.41) is 0. The third-order valence-electron chi connectivity index (χ3n) is 11.3. The highest BCUT2D eigenvalue weighted by Gasteiger charge is 2.26. The lowest BCUT2D eigenvalue weighted by molar-refractivity contribution is -0.161. The summed E-state index contributed by atoms with van der Waals surface area (Å²) >= 11 is 0. The van der Waals surface area contributed by atoms with Crippen LogP contribution in [0.3, 0.4) is 0 Å². The van der Waals surface area contributed by atoms with Crippen molar-refractivity contribution in [3.05, 3.63) is 85.1 Å². The largest absolute Gasteiger partial charge is 0.472 e. The van der Waals surface area contributed by atoms with Crippen molar-refractivity contribution in [3.63, 3.8) is 0 Å². The van der Waals surface area contributed by atoms with Crippen LogP contribution in [-0.2, 0) is 32.7 Å². The van der Waals surface area contributed by atoms with Crippen molar-refractivity contribution in [2.24, 2.45) is 5.73 Å². The number of carbonyl (C=O) groups excluding carboxylic acids is 2. The molecule has 0 saturated carbocycles. The third-order valence-corrected chi connectivity index (χ3v) is 12.3. The normalized spacial score (nSPS) is 13.8. The number of ether oxygens (including phenoxy) is 2. The van der Waals surface area contributed by atoms with Gasteiger partial charge < -0.3 is 20.1 Å². The molecular weight excluding hydrogens is 858 g/mol. The third kappa shape index (κ3) is 52.4. The maximum Gasteiger partial charge on any atom is 0.472 e. The zero-order valence-corrected chi connectivity index (χ0v) is 43.8. The number of hydrogen-bond acceptors (Lipinski definition) is 8. The van der Waals surface area contributed by atoms with Crippen molar-refractivity contribution in [1.29, 1.82) is 0 Å². The first-order chi connectivity index (χ1) is 32.8. The van der Waals surface area contributed by atoms with Gasteiger partial charge in [0, 0.05) is 19.4 Å². The number of unbranched alkanes of at least 4 members (excludes halogenated alkanes) is 23. The Morgan fingerprint density at radius 2 is 0.821 bits per heavy atom. The summed E-state index contributed by atoms with van der Waals surface area (Å²) in [6.07, 6.45) is 67.8. The number of esters is 2. The van der Waals surface area contributed by atoms with Crippen molar-refractivity contribution in [2.45, 2.75) is 238 Å². The summed E-state index contributed by atoms with van der Waals surface area (Å²) in [5.41, 5.74) is 5.37. The Morgan fingerprint density at radius 1 is 0.463 bits per heavy atom. The number of allylic oxidation sites excluding steroid dienone is 14. The monoisotopic (exact) mass is 958 g/mol. The second-order valence-electron chi connectivity index (χ2n) is 17.7. The van der Waals surface area contributed by atoms with Crippen molar-refractivity contribution in [2.75, 3.05) is 26.4 Å². The Balaban J connectivity index is 4.11. The molecule has 0 aromatic heterocycles. The summed E-state index contributed by atoms with van der Waals surface area (Å²) in [4.78, 5) is 35.1. The second kappa shape index (κ2) is 52.6. The Morgan fingerprint density at radius 3 is 1.21 bits per heavy atom. The molecule has 0 aromatic carbocycles. The van der Waals surface area contributed by atoms with Gasteiger partial charge in [-0.2, -0.15) is 0 Å². The minimum atomic E-state index is -4.40. The molecule has 0 rings (SSSR count). The molecule has 2 unspecified atom stereocenters. The molecule has 0 bridgehead atoms. The van der Waals surface area contributed by atoms with Gasteiger partial charge in [0.15, 0.2) is 6.10 Å². The molecule has 386 valence electrons. The van der Waals surface area contributed by atoms with Gasteiger partial charge in [0.25, 0.3) is 0 Å². The van der Waals surface area contributed by atoms with Gasteiger partial charge in [0.2, 0.25) is 0 Å². The lowest BCUT2D eigenvalue weighted by atomic mass is 10.0. The molecular formula is C57H100NO8P. The standard InChI is InChI=1S/C57H100NO8P/c1-3-5-7-9-11-13-15-17-19-21-23-25-27-29-31-33-35-37-39-41-43-45-47-49-56(59)63-53-55(54-65-67(61,62)64-52-51-58)66-57(60)50-48-46-44-42-40-38-36-34-32-30-28-26-24-22-20-18-16-14-12-10-8-6-4-2/h6,8,12,14,18,20,24,26,30,32,36,38,42,44,55H,3-5,7,9-11,13,15-17,19,21-23,25,27-29,31,33-35,37,39-41,43,45-54,58H2,1-2H3,(H,61,62)/b8-6-,14-12-,20-18-,26-24-,32-30-,38-36-,44-42-. The fourth-order valence-corrected chi connectivity index (χ4v) is 8.10. The van der Waals surface area contributed by atoms with E-state index in [-0.39, 0.29) is 32.6 Å². The molecule has 2 atom stereocenters. The highest BCUT2D eigenvalue weighted by molar-refractivity contribution is 7.47. The highest BCUT2D eigenvalue weighted by atomic mass is 31.2. The molecule has 0 aliphatic heterocycles. The van der Waals surface area contributed by atoms with Gasteiger partial charge in [-0.15, -0.1) is 0 Å². The molecule has 0 fully saturated rings. The molecule has 0 aliphatic carbocycles. The van der Waals surface area contributed by atoms with E-state index >= 15 is 0 Å². The van der Waals surface area contributed by atoms with E-state index in [4.69, 9.17) is 24.3 Å². The minimum absolute atomic E-state index is 0.0410. The summed E-state index contributed by atoms with van der Waals surface area (Å²) in [6, 6.07) is 0. The van der Waals surface area contributed by atoms with E-state index in [0.717, 1.165) is 64.2 Å². The molecule has 0 aromatic rings. The molecule has 0 aliphatic rings. The predicted molar refractivity (Wildman–Crippen MR) is 284 cm³/mol. The van der Waals surface area contributed by atoms with Crippen molar-refractivity contribution >= 4 is 19.8 Å². The van der Waals surface area contributed by atoms with Gasteiger partial charge in [-0.1, -0.05) is 240 Å². The number of rotatable bonds is 50. The summed E-state index contributed by atoms with van der Waals surface area (Å²) in [7, 11) is -4.40. The van der Waals surface area contributed by atoms with Gasteiger partial charge in [0.05, 0.1) is 13.2 Å². The van der Waals surface area contributed by atoms with E-state index < -0.39 is 32.5 Å². The Labute approximate surface area is 411 Å². The van der Waals surface area contributed by atoms with Crippen molar-refractivity contribution in [1.82, 2.24) is 0 Å². The lowest BCUT2D eigenvalue weighted by Crippen LogP contribution is -2.29. The summed E-state index contributed by atoms with van der Waals surface area (Å²) < 4.78 is 32.9. The van der Waals surface area contributed by atoms with Crippen LogP contribution in [0.1, 0.15) is 232 Å². The van der Waals surface area contributed by atoms with Gasteiger partial charge in [-0.3, -0.25) is 18.6 Å². The summed E-state index contributed by atoms with van der Waals surface area (Å²) in [6.45, 7) is 3.58. The van der Waals surface area contributed by atoms with E-state index in [0.29, 0.717) is 12.8 Å². The van der Waals surface area contributed by atoms with E-state index in [1.165, 1.54) is 128 Å². The average Bonchev–Trinajstić information content (AvgIpc) is 3.32. The number of phosphoric acid groups is 1. The molecule has 67 heavy (non-hydrogen) atoms. The Hall–Kier alpha value is -2.81. The topological polar surface area (TPSA) is 134 Å². The molecule has 0 spiro atoms. The maximum absolute atomic E-state index is 12.6. The van der Waals surface area contributed by atoms with Crippen LogP contribution < -0.4 is 5.73 Å². The molecule has 0 heterocycles. The van der Waals surface area contributed by atoms with Crippen LogP contribution in [0.25, 0.3) is 0 Å². The van der Waals surface area contributed by atoms with Gasteiger partial charge in [-0.05, 0) is 64.2 Å². The maximum atomic E-state index is 12.6. The van der Waals surface area contributed by atoms with Crippen LogP contribution in [0.4, 0.5) is 0 Å². The first kappa shape index (κ1) is 64.2. The smallest absolute Gasteiger partial charge is 0.462 e. The van der Waals surface area contributed by atoms with E-state index in [9.17, 15) is 19.0 Å². The van der Waals surface area contributed by atoms with Crippen LogP contribution in [0, 0.1) is 0 Å². The summed E-state index contributed by atoms with van der Waals surface area (Å²) in [5.74, 6) is -0.895. The number of carbonyl (C=O) groups is 2. The second-order valence-corrected chi connectivity index (χ2v) is 19.2. The fourth-order valence-electron chi connectivity index (χ4n) is 7.33. The van der Waals surface area contributed by atoms with Gasteiger partial charge in [0.1, 0.15) is 6.61 Å². The number of nitrogens with two attached hydrogens (primary N) is 1. The molecule has 0 amide bonds. The molecule has 0 radical (unpaired) electrons. The van der Waals surface area contributed by atoms with Crippen LogP contribution in [-0.4, -0.2) is 49.3 Å². The average molecular weight is 958 g/mol. The Bertz CT molecular complexity index is 1370. The lowest BCUT2D eigenvalue weighted by Gasteiger charge is -2.19. The number of phosphoric ester groups is 1. The van der Waals surface area contributed by atoms with Gasteiger partial charge >= 0.3 is 19.8 Å². The van der Waals surface area contributed by atoms with Crippen LogP contribution in [0.15, 0.2) is 85.1 Å². The SMILES string of the molecule is CC/C=C\C/C=C\C/C=C\C/C=C\C/C=C\C/C=C\C/C=C\CCCC(=O)OC(COC(=O)CCCCCCCCCCCCCCCCCCCCCCCCC)COP(=O)(O)OCCN. The predicted octanol–water partition coefficient (Wildman–Crippen LogP) is 16.7. The quantitative estimate of drug-likeness (QED) is 0.0264. The van der Waals surface area contributed by atoms with Crippen molar-refractivity contribution < 1.29 is 37.6 Å². The van der Waals surface area contributed by atoms with E-state index in [1.54, 1.807) is 0 Å².